The number of ether oxygens (including phenoxy) is 2. The van der Waals surface area contributed by atoms with Crippen LogP contribution in [0.15, 0.2) is 0 Å². The first-order valence-electron chi connectivity index (χ1n) is 7.62. The van der Waals surface area contributed by atoms with E-state index in [9.17, 15) is 9.59 Å². The fraction of sp³-hybridized carbons (Fsp3) is 0.857. The van der Waals surface area contributed by atoms with Crippen molar-refractivity contribution in [1.29, 1.82) is 0 Å². The third kappa shape index (κ3) is 2.43. The lowest BCUT2D eigenvalue weighted by molar-refractivity contribution is -0.176. The average molecular weight is 297 g/mol. The number of nitrogens with one attached hydrogen (secondary N) is 1. The van der Waals surface area contributed by atoms with E-state index in [-0.39, 0.29) is 17.9 Å². The molecule has 7 nitrogen and oxygen atoms in total. The summed E-state index contributed by atoms with van der Waals surface area (Å²) in [6.07, 6.45) is 1.76. The van der Waals surface area contributed by atoms with E-state index in [1.807, 2.05) is 4.90 Å². The molecule has 1 atom stereocenters. The molecule has 0 spiro atoms. The van der Waals surface area contributed by atoms with Crippen LogP contribution in [0.2, 0.25) is 0 Å². The summed E-state index contributed by atoms with van der Waals surface area (Å²) >= 11 is 0. The van der Waals surface area contributed by atoms with Crippen molar-refractivity contribution in [2.75, 3.05) is 53.1 Å². The molecule has 0 aromatic rings. The molecule has 3 aliphatic heterocycles. The minimum atomic E-state index is -0.655. The number of morpholine rings is 1. The maximum Gasteiger partial charge on any atom is 0.245 e. The lowest BCUT2D eigenvalue weighted by atomic mass is 9.92. The van der Waals surface area contributed by atoms with Crippen LogP contribution < -0.4 is 5.32 Å². The maximum atomic E-state index is 12.8. The maximum absolute atomic E-state index is 12.8. The normalized spacial score (nSPS) is 29.0. The molecule has 3 rings (SSSR count). The van der Waals surface area contributed by atoms with E-state index in [1.165, 1.54) is 0 Å². The van der Waals surface area contributed by atoms with Gasteiger partial charge in [0.2, 0.25) is 11.8 Å². The van der Waals surface area contributed by atoms with E-state index >= 15 is 0 Å². The van der Waals surface area contributed by atoms with E-state index in [2.05, 4.69) is 10.2 Å². The van der Waals surface area contributed by atoms with Crippen LogP contribution >= 0.6 is 0 Å². The van der Waals surface area contributed by atoms with Gasteiger partial charge in [-0.1, -0.05) is 0 Å². The average Bonchev–Trinajstić information content (AvgIpc) is 2.95. The predicted octanol–water partition coefficient (Wildman–Crippen LogP) is -1.18. The number of hydrogen-bond donors (Lipinski definition) is 1. The lowest BCUT2D eigenvalue weighted by Gasteiger charge is -2.48. The monoisotopic (exact) mass is 297 g/mol. The van der Waals surface area contributed by atoms with E-state index in [0.29, 0.717) is 39.5 Å². The fourth-order valence-electron chi connectivity index (χ4n) is 3.49. The third-order valence-electron chi connectivity index (χ3n) is 4.74. The van der Waals surface area contributed by atoms with Crippen LogP contribution in [0.25, 0.3) is 0 Å². The minimum Gasteiger partial charge on any atom is -0.378 e. The van der Waals surface area contributed by atoms with Crippen molar-refractivity contribution in [3.63, 3.8) is 0 Å². The quantitative estimate of drug-likeness (QED) is 0.710. The van der Waals surface area contributed by atoms with Crippen LogP contribution in [0, 0.1) is 0 Å². The van der Waals surface area contributed by atoms with Crippen molar-refractivity contribution in [3.05, 3.63) is 0 Å². The summed E-state index contributed by atoms with van der Waals surface area (Å²) in [6, 6.07) is -0.204. The zero-order valence-electron chi connectivity index (χ0n) is 12.5. The number of carbonyl (C=O) groups is 2. The topological polar surface area (TPSA) is 71.1 Å². The molecular weight excluding hydrogens is 274 g/mol. The lowest BCUT2D eigenvalue weighted by Crippen LogP contribution is -2.72. The van der Waals surface area contributed by atoms with Gasteiger partial charge in [-0.05, 0) is 12.8 Å². The van der Waals surface area contributed by atoms with Gasteiger partial charge in [0.15, 0.2) is 0 Å². The largest absolute Gasteiger partial charge is 0.378 e. The summed E-state index contributed by atoms with van der Waals surface area (Å²) in [7, 11) is 1.64. The highest BCUT2D eigenvalue weighted by molar-refractivity contribution is 5.89. The third-order valence-corrected chi connectivity index (χ3v) is 4.74. The Kier molecular flexibility index (Phi) is 4.14. The molecule has 0 aromatic heterocycles. The Hall–Kier alpha value is -1.18. The molecule has 7 heteroatoms. The zero-order valence-corrected chi connectivity index (χ0v) is 12.5. The van der Waals surface area contributed by atoms with Crippen molar-refractivity contribution < 1.29 is 19.1 Å². The number of likely N-dealkylation sites (N-methyl/N-ethyl adjacent to an activating group) is 1. The van der Waals surface area contributed by atoms with E-state index in [4.69, 9.17) is 9.47 Å². The summed E-state index contributed by atoms with van der Waals surface area (Å²) < 4.78 is 10.6. The molecule has 118 valence electrons. The highest BCUT2D eigenvalue weighted by Crippen LogP contribution is 2.33. The second-order valence-corrected chi connectivity index (χ2v) is 5.89. The van der Waals surface area contributed by atoms with E-state index in [0.717, 1.165) is 19.4 Å². The molecule has 3 saturated heterocycles. The van der Waals surface area contributed by atoms with Crippen molar-refractivity contribution in [2.45, 2.75) is 24.4 Å². The van der Waals surface area contributed by atoms with Gasteiger partial charge in [0.25, 0.3) is 0 Å². The first-order chi connectivity index (χ1) is 10.2. The molecule has 3 heterocycles. The first kappa shape index (κ1) is 14.7. The second kappa shape index (κ2) is 5.90. The highest BCUT2D eigenvalue weighted by Gasteiger charge is 2.55. The number of hydrogen-bond acceptors (Lipinski definition) is 5. The predicted molar refractivity (Wildman–Crippen MR) is 74.7 cm³/mol. The Morgan fingerprint density at radius 2 is 1.86 bits per heavy atom. The molecule has 1 unspecified atom stereocenters. The Balaban J connectivity index is 1.75. The van der Waals surface area contributed by atoms with Crippen LogP contribution in [-0.2, 0) is 19.1 Å². The fourth-order valence-corrected chi connectivity index (χ4v) is 3.49. The Bertz CT molecular complexity index is 418. The summed E-state index contributed by atoms with van der Waals surface area (Å²) in [5.74, 6) is 0.0846. The molecule has 0 saturated carbocycles. The van der Waals surface area contributed by atoms with Crippen LogP contribution in [0.3, 0.4) is 0 Å². The molecule has 3 fully saturated rings. The summed E-state index contributed by atoms with van der Waals surface area (Å²) in [5.41, 5.74) is -0.655. The highest BCUT2D eigenvalue weighted by atomic mass is 16.5. The summed E-state index contributed by atoms with van der Waals surface area (Å²) in [5, 5.41) is 2.72. The van der Waals surface area contributed by atoms with Crippen molar-refractivity contribution in [2.24, 2.45) is 0 Å². The van der Waals surface area contributed by atoms with Gasteiger partial charge in [-0.3, -0.25) is 14.5 Å². The second-order valence-electron chi connectivity index (χ2n) is 5.89. The van der Waals surface area contributed by atoms with Gasteiger partial charge in [-0.2, -0.15) is 0 Å². The Morgan fingerprint density at radius 1 is 1.14 bits per heavy atom. The molecule has 0 bridgehead atoms. The zero-order chi connectivity index (χ0) is 14.9. The number of nitrogens with zero attached hydrogens (tertiary/aromatic N) is 2. The van der Waals surface area contributed by atoms with Crippen LogP contribution in [0.5, 0.6) is 0 Å². The smallest absolute Gasteiger partial charge is 0.245 e. The standard InChI is InChI=1S/C14H23N3O4/c1-15-13(19)14(9-21-10-14)17-4-2-3-11(17)12(18)16-5-7-20-8-6-16/h11H,2-10H2,1H3,(H,15,19). The molecule has 3 aliphatic rings. The van der Waals surface area contributed by atoms with Gasteiger partial charge >= 0.3 is 0 Å². The minimum absolute atomic E-state index is 0.0459. The van der Waals surface area contributed by atoms with Crippen LogP contribution in [0.4, 0.5) is 0 Å². The van der Waals surface area contributed by atoms with Gasteiger partial charge in [-0.15, -0.1) is 0 Å². The molecule has 21 heavy (non-hydrogen) atoms. The number of rotatable bonds is 3. The SMILES string of the molecule is CNC(=O)C1(N2CCCC2C(=O)N2CCOCC2)COC1. The molecule has 2 amide bonds. The molecule has 0 aliphatic carbocycles. The summed E-state index contributed by atoms with van der Waals surface area (Å²) in [6.45, 7) is 4.01. The van der Waals surface area contributed by atoms with Gasteiger partial charge < -0.3 is 19.7 Å². The number of likely N-dealkylation sites (tertiary alicyclic amines) is 1. The van der Waals surface area contributed by atoms with Crippen LogP contribution in [-0.4, -0.2) is 86.3 Å². The van der Waals surface area contributed by atoms with Gasteiger partial charge in [0.05, 0.1) is 32.5 Å². The molecule has 0 radical (unpaired) electrons. The number of amides is 2. The van der Waals surface area contributed by atoms with Gasteiger partial charge in [-0.25, -0.2) is 0 Å². The van der Waals surface area contributed by atoms with E-state index < -0.39 is 5.54 Å². The van der Waals surface area contributed by atoms with Gasteiger partial charge in [0.1, 0.15) is 5.54 Å². The van der Waals surface area contributed by atoms with E-state index in [1.54, 1.807) is 7.05 Å². The summed E-state index contributed by atoms with van der Waals surface area (Å²) in [4.78, 5) is 29.0. The molecule has 0 aromatic carbocycles. The molecular formula is C14H23N3O4. The van der Waals surface area contributed by atoms with Gasteiger partial charge in [0, 0.05) is 26.7 Å². The van der Waals surface area contributed by atoms with Crippen molar-refractivity contribution in [3.8, 4) is 0 Å². The Labute approximate surface area is 124 Å². The first-order valence-corrected chi connectivity index (χ1v) is 7.62. The van der Waals surface area contributed by atoms with Crippen molar-refractivity contribution in [1.82, 2.24) is 15.1 Å². The van der Waals surface area contributed by atoms with Crippen LogP contribution in [0.1, 0.15) is 12.8 Å². The molecule has 1 N–H and O–H groups in total. The number of carbonyl (C=O) groups excluding carboxylic acids is 2. The van der Waals surface area contributed by atoms with Crippen molar-refractivity contribution >= 4 is 11.8 Å². The Morgan fingerprint density at radius 3 is 2.43 bits per heavy atom.